The minimum Gasteiger partial charge on any atom is -0.476 e. The lowest BCUT2D eigenvalue weighted by atomic mass is 10.00. The third-order valence-electron chi connectivity index (χ3n) is 4.78. The molecule has 4 amide bonds. The topological polar surface area (TPSA) is 129 Å². The molecule has 1 fully saturated rings. The number of hydrogen-bond donors (Lipinski definition) is 3. The fraction of sp³-hybridized carbons (Fsp3) is 0.350. The summed E-state index contributed by atoms with van der Waals surface area (Å²) in [6.45, 7) is 3.52. The number of amides is 4. The maximum atomic E-state index is 13.1. The molecule has 1 saturated heterocycles. The van der Waals surface area contributed by atoms with E-state index in [1.54, 1.807) is 13.8 Å². The van der Waals surface area contributed by atoms with E-state index in [0.29, 0.717) is 4.90 Å². The monoisotopic (exact) mass is 484 g/mol. The average molecular weight is 484 g/mol. The molecule has 3 N–H and O–H groups in total. The first-order chi connectivity index (χ1) is 15.4. The van der Waals surface area contributed by atoms with E-state index >= 15 is 0 Å². The van der Waals surface area contributed by atoms with Crippen LogP contribution in [0.15, 0.2) is 29.6 Å². The number of nitrogens with one attached hydrogen (secondary N) is 2. The number of nitrogens with zero attached hydrogens (tertiary/aromatic N) is 2. The van der Waals surface area contributed by atoms with Crippen LogP contribution in [0.3, 0.4) is 0 Å². The third-order valence-corrected chi connectivity index (χ3v) is 5.54. The van der Waals surface area contributed by atoms with Crippen molar-refractivity contribution in [3.05, 3.63) is 46.5 Å². The molecule has 2 heterocycles. The molecule has 13 heteroatoms. The molecular weight excluding hydrogens is 465 g/mol. The lowest BCUT2D eigenvalue weighted by molar-refractivity contribution is -0.138. The molecule has 2 atom stereocenters. The van der Waals surface area contributed by atoms with Crippen LogP contribution in [-0.2, 0) is 15.8 Å². The Labute approximate surface area is 189 Å². The maximum Gasteiger partial charge on any atom is 0.416 e. The van der Waals surface area contributed by atoms with Crippen LogP contribution in [0.25, 0.3) is 0 Å². The number of alkyl halides is 3. The van der Waals surface area contributed by atoms with Crippen LogP contribution < -0.4 is 10.6 Å². The van der Waals surface area contributed by atoms with Gasteiger partial charge in [-0.15, -0.1) is 11.3 Å². The Morgan fingerprint density at radius 3 is 2.58 bits per heavy atom. The number of hydrogen-bond acceptors (Lipinski definition) is 6. The molecule has 2 unspecified atom stereocenters. The number of urea groups is 1. The van der Waals surface area contributed by atoms with E-state index in [1.807, 2.05) is 0 Å². The van der Waals surface area contributed by atoms with Crippen molar-refractivity contribution in [2.24, 2.45) is 5.92 Å². The number of thiazole rings is 1. The van der Waals surface area contributed by atoms with Crippen LogP contribution in [0.2, 0.25) is 0 Å². The molecule has 9 nitrogen and oxygen atoms in total. The van der Waals surface area contributed by atoms with Gasteiger partial charge >= 0.3 is 18.2 Å². The van der Waals surface area contributed by atoms with Gasteiger partial charge in [-0.05, 0) is 30.0 Å². The predicted octanol–water partition coefficient (Wildman–Crippen LogP) is 3.51. The third kappa shape index (κ3) is 5.30. The largest absolute Gasteiger partial charge is 0.476 e. The summed E-state index contributed by atoms with van der Waals surface area (Å²) in [4.78, 5) is 54.0. The Hall–Kier alpha value is -3.48. The summed E-state index contributed by atoms with van der Waals surface area (Å²) in [5.74, 6) is -3.07. The summed E-state index contributed by atoms with van der Waals surface area (Å²) in [5.41, 5.74) is -1.33. The minimum absolute atomic E-state index is 0.0346. The minimum atomic E-state index is -4.63. The molecule has 3 rings (SSSR count). The molecule has 1 aromatic heterocycles. The summed E-state index contributed by atoms with van der Waals surface area (Å²) >= 11 is 0.853. The van der Waals surface area contributed by atoms with Crippen LogP contribution in [0.1, 0.15) is 47.9 Å². The van der Waals surface area contributed by atoms with E-state index in [1.165, 1.54) is 11.4 Å². The Bertz CT molecular complexity index is 1100. The molecule has 0 saturated carbocycles. The second-order valence-corrected chi connectivity index (χ2v) is 8.55. The first kappa shape index (κ1) is 24.2. The first-order valence-electron chi connectivity index (χ1n) is 9.69. The Balaban J connectivity index is 1.87. The first-order valence-corrected chi connectivity index (χ1v) is 10.6. The van der Waals surface area contributed by atoms with Crippen molar-refractivity contribution in [1.29, 1.82) is 0 Å². The lowest BCUT2D eigenvalue weighted by Gasteiger charge is -2.25. The number of benzene rings is 1. The summed E-state index contributed by atoms with van der Waals surface area (Å²) in [5, 5.41) is 14.9. The van der Waals surface area contributed by atoms with Crippen molar-refractivity contribution in [3.8, 4) is 0 Å². The molecule has 176 valence electrons. The highest BCUT2D eigenvalue weighted by atomic mass is 32.1. The van der Waals surface area contributed by atoms with E-state index in [-0.39, 0.29) is 28.7 Å². The van der Waals surface area contributed by atoms with Crippen molar-refractivity contribution >= 4 is 40.3 Å². The van der Waals surface area contributed by atoms with E-state index in [2.05, 4.69) is 15.6 Å². The highest BCUT2D eigenvalue weighted by molar-refractivity contribution is 7.14. The molecule has 0 aliphatic carbocycles. The van der Waals surface area contributed by atoms with Gasteiger partial charge in [-0.25, -0.2) is 19.5 Å². The predicted molar refractivity (Wildman–Crippen MR) is 111 cm³/mol. The second kappa shape index (κ2) is 9.17. The zero-order valence-electron chi connectivity index (χ0n) is 17.3. The van der Waals surface area contributed by atoms with Crippen LogP contribution in [0, 0.1) is 5.92 Å². The number of aromatic carboxylic acids is 1. The van der Waals surface area contributed by atoms with Gasteiger partial charge in [0.15, 0.2) is 10.8 Å². The van der Waals surface area contributed by atoms with E-state index in [0.717, 1.165) is 29.5 Å². The van der Waals surface area contributed by atoms with E-state index in [9.17, 15) is 32.3 Å². The van der Waals surface area contributed by atoms with Crippen LogP contribution in [-0.4, -0.2) is 44.8 Å². The van der Waals surface area contributed by atoms with Gasteiger partial charge in [0.1, 0.15) is 12.1 Å². The van der Waals surface area contributed by atoms with Crippen molar-refractivity contribution in [1.82, 2.24) is 15.2 Å². The highest BCUT2D eigenvalue weighted by Crippen LogP contribution is 2.33. The summed E-state index contributed by atoms with van der Waals surface area (Å²) in [7, 11) is 0. The van der Waals surface area contributed by atoms with Crippen molar-refractivity contribution < 1.29 is 37.5 Å². The quantitative estimate of drug-likeness (QED) is 0.516. The van der Waals surface area contributed by atoms with Gasteiger partial charge in [0.25, 0.3) is 5.91 Å². The fourth-order valence-electron chi connectivity index (χ4n) is 3.30. The Morgan fingerprint density at radius 1 is 1.30 bits per heavy atom. The second-order valence-electron chi connectivity index (χ2n) is 7.69. The SMILES string of the molecule is CC(C)CC(C(=O)Nc1nc(C(=O)O)cs1)N1C(=O)NC(c2cccc(C(F)(F)F)c2)C1=O. The van der Waals surface area contributed by atoms with Gasteiger partial charge in [0.05, 0.1) is 5.56 Å². The molecule has 0 bridgehead atoms. The van der Waals surface area contributed by atoms with Crippen LogP contribution >= 0.6 is 11.3 Å². The number of carboxylic acids is 1. The summed E-state index contributed by atoms with van der Waals surface area (Å²) in [6, 6.07) is 0.423. The molecular formula is C20H19F3N4O5S. The van der Waals surface area contributed by atoms with Gasteiger partial charge in [0.2, 0.25) is 5.91 Å². The molecule has 1 aliphatic rings. The average Bonchev–Trinajstić information content (AvgIpc) is 3.30. The van der Waals surface area contributed by atoms with Crippen LogP contribution in [0.5, 0.6) is 0 Å². The van der Waals surface area contributed by atoms with Gasteiger partial charge in [-0.1, -0.05) is 26.0 Å². The number of carbonyl (C=O) groups is 4. The number of rotatable bonds is 7. The number of anilines is 1. The zero-order chi connectivity index (χ0) is 24.5. The molecule has 1 aliphatic heterocycles. The van der Waals surface area contributed by atoms with Crippen molar-refractivity contribution in [2.75, 3.05) is 5.32 Å². The van der Waals surface area contributed by atoms with Gasteiger partial charge in [-0.2, -0.15) is 13.2 Å². The van der Waals surface area contributed by atoms with Crippen LogP contribution in [0.4, 0.5) is 23.1 Å². The number of imide groups is 1. The van der Waals surface area contributed by atoms with Gasteiger partial charge in [0, 0.05) is 5.38 Å². The molecule has 0 spiro atoms. The number of halogens is 3. The molecule has 1 aromatic carbocycles. The van der Waals surface area contributed by atoms with Crippen molar-refractivity contribution in [2.45, 2.75) is 38.5 Å². The highest BCUT2D eigenvalue weighted by Gasteiger charge is 2.46. The Morgan fingerprint density at radius 2 is 2.00 bits per heavy atom. The van der Waals surface area contributed by atoms with Crippen molar-refractivity contribution in [3.63, 3.8) is 0 Å². The summed E-state index contributed by atoms with van der Waals surface area (Å²) < 4.78 is 39.2. The van der Waals surface area contributed by atoms with E-state index < -0.39 is 47.6 Å². The number of carbonyl (C=O) groups excluding carboxylic acids is 3. The standard InChI is InChI=1S/C20H19F3N4O5S/c1-9(2)6-13(15(28)26-18-24-12(8-33-18)17(30)31)27-16(29)14(25-19(27)32)10-4-3-5-11(7-10)20(21,22)23/h3-5,7-9,13-14H,6H2,1-2H3,(H,25,32)(H,30,31)(H,24,26,28). The fourth-order valence-corrected chi connectivity index (χ4v) is 3.99. The van der Waals surface area contributed by atoms with E-state index in [4.69, 9.17) is 5.11 Å². The number of aromatic nitrogens is 1. The smallest absolute Gasteiger partial charge is 0.416 e. The van der Waals surface area contributed by atoms with Gasteiger partial charge in [-0.3, -0.25) is 9.59 Å². The molecule has 0 radical (unpaired) electrons. The summed E-state index contributed by atoms with van der Waals surface area (Å²) in [6.07, 6.45) is -4.57. The maximum absolute atomic E-state index is 13.1. The lowest BCUT2D eigenvalue weighted by Crippen LogP contribution is -2.48. The normalized spacial score (nSPS) is 17.3. The molecule has 2 aromatic rings. The number of carboxylic acid groups (broad SMARTS) is 1. The molecule has 33 heavy (non-hydrogen) atoms. The zero-order valence-corrected chi connectivity index (χ0v) is 18.2. The van der Waals surface area contributed by atoms with Gasteiger partial charge < -0.3 is 15.7 Å². The Kier molecular flexibility index (Phi) is 6.72.